The molecule has 6 heteroatoms. The fraction of sp³-hybridized carbons (Fsp3) is 0.333. The first-order valence-electron chi connectivity index (χ1n) is 8.97. The lowest BCUT2D eigenvalue weighted by Crippen LogP contribution is -2.24. The Morgan fingerprint density at radius 3 is 2.56 bits per heavy atom. The Hall–Kier alpha value is -3.02. The number of hydrogen-bond acceptors (Lipinski definition) is 4. The van der Waals surface area contributed by atoms with Crippen LogP contribution in [-0.4, -0.2) is 32.1 Å². The quantitative estimate of drug-likeness (QED) is 0.848. The number of aryl methyl sites for hydroxylation is 2. The largest absolute Gasteiger partial charge is 0.494 e. The van der Waals surface area contributed by atoms with E-state index in [1.54, 1.807) is 30.2 Å². The van der Waals surface area contributed by atoms with E-state index in [2.05, 4.69) is 5.32 Å². The second-order valence-electron chi connectivity index (χ2n) is 6.59. The lowest BCUT2D eigenvalue weighted by Gasteiger charge is -2.19. The van der Waals surface area contributed by atoms with Gasteiger partial charge in [0.25, 0.3) is 5.91 Å². The van der Waals surface area contributed by atoms with Gasteiger partial charge < -0.3 is 19.7 Å². The fourth-order valence-electron chi connectivity index (χ4n) is 3.24. The molecule has 0 aromatic heterocycles. The maximum absolute atomic E-state index is 12.3. The molecule has 6 nitrogen and oxygen atoms in total. The van der Waals surface area contributed by atoms with Crippen molar-refractivity contribution >= 4 is 23.2 Å². The molecule has 0 aliphatic carbocycles. The van der Waals surface area contributed by atoms with Gasteiger partial charge in [-0.1, -0.05) is 18.2 Å². The summed E-state index contributed by atoms with van der Waals surface area (Å²) in [5.74, 6) is 1.11. The maximum atomic E-state index is 12.3. The molecule has 0 radical (unpaired) electrons. The minimum absolute atomic E-state index is 0.0830. The van der Waals surface area contributed by atoms with Crippen LogP contribution in [0, 0.1) is 13.8 Å². The van der Waals surface area contributed by atoms with Gasteiger partial charge in [-0.25, -0.2) is 0 Å². The van der Waals surface area contributed by atoms with Gasteiger partial charge in [0.05, 0.1) is 12.8 Å². The molecule has 1 heterocycles. The van der Waals surface area contributed by atoms with Crippen LogP contribution in [0.1, 0.15) is 24.0 Å². The van der Waals surface area contributed by atoms with Crippen molar-refractivity contribution in [2.45, 2.75) is 26.7 Å². The van der Waals surface area contributed by atoms with Crippen molar-refractivity contribution in [3.8, 4) is 11.5 Å². The number of benzene rings is 2. The van der Waals surface area contributed by atoms with E-state index in [1.165, 1.54) is 0 Å². The van der Waals surface area contributed by atoms with Gasteiger partial charge in [0.15, 0.2) is 6.61 Å². The fourth-order valence-corrected chi connectivity index (χ4v) is 3.24. The maximum Gasteiger partial charge on any atom is 0.262 e. The SMILES string of the molecule is COc1cc(NC(=O)COc2c(C)cccc2C)ccc1N1CCCC1=O. The van der Waals surface area contributed by atoms with Gasteiger partial charge in [0, 0.05) is 24.7 Å². The van der Waals surface area contributed by atoms with Crippen LogP contribution in [0.25, 0.3) is 0 Å². The number of methoxy groups -OCH3 is 1. The molecular formula is C21H24N2O4. The van der Waals surface area contributed by atoms with E-state index in [4.69, 9.17) is 9.47 Å². The van der Waals surface area contributed by atoms with E-state index >= 15 is 0 Å². The van der Waals surface area contributed by atoms with E-state index in [0.29, 0.717) is 24.4 Å². The van der Waals surface area contributed by atoms with Crippen LogP contribution >= 0.6 is 0 Å². The highest BCUT2D eigenvalue weighted by atomic mass is 16.5. The molecule has 27 heavy (non-hydrogen) atoms. The first kappa shape index (κ1) is 18.8. The van der Waals surface area contributed by atoms with Crippen molar-refractivity contribution in [2.75, 3.05) is 30.5 Å². The van der Waals surface area contributed by atoms with Gasteiger partial charge >= 0.3 is 0 Å². The smallest absolute Gasteiger partial charge is 0.262 e. The third-order valence-corrected chi connectivity index (χ3v) is 4.58. The minimum Gasteiger partial charge on any atom is -0.494 e. The second kappa shape index (κ2) is 8.12. The van der Waals surface area contributed by atoms with Gasteiger partial charge in [0.1, 0.15) is 11.5 Å². The Kier molecular flexibility index (Phi) is 5.64. The zero-order valence-electron chi connectivity index (χ0n) is 15.9. The summed E-state index contributed by atoms with van der Waals surface area (Å²) in [5, 5.41) is 2.81. The molecule has 0 spiro atoms. The van der Waals surface area contributed by atoms with Gasteiger partial charge in [-0.3, -0.25) is 9.59 Å². The molecule has 2 amide bonds. The molecule has 0 saturated carbocycles. The normalized spacial score (nSPS) is 13.6. The van der Waals surface area contributed by atoms with Crippen molar-refractivity contribution in [1.82, 2.24) is 0 Å². The minimum atomic E-state index is -0.260. The molecule has 1 aliphatic heterocycles. The number of ether oxygens (including phenoxy) is 2. The Morgan fingerprint density at radius 2 is 1.93 bits per heavy atom. The molecular weight excluding hydrogens is 344 g/mol. The van der Waals surface area contributed by atoms with Crippen LogP contribution in [0.3, 0.4) is 0 Å². The second-order valence-corrected chi connectivity index (χ2v) is 6.59. The summed E-state index contributed by atoms with van der Waals surface area (Å²) in [7, 11) is 1.55. The third-order valence-electron chi connectivity index (χ3n) is 4.58. The highest BCUT2D eigenvalue weighted by Gasteiger charge is 2.24. The van der Waals surface area contributed by atoms with Gasteiger partial charge in [-0.05, 0) is 43.5 Å². The zero-order chi connectivity index (χ0) is 19.4. The average Bonchev–Trinajstić information content (AvgIpc) is 3.07. The first-order chi connectivity index (χ1) is 13.0. The Morgan fingerprint density at radius 1 is 1.19 bits per heavy atom. The summed E-state index contributed by atoms with van der Waals surface area (Å²) in [5.41, 5.74) is 3.30. The van der Waals surface area contributed by atoms with Crippen molar-refractivity contribution in [3.63, 3.8) is 0 Å². The number of hydrogen-bond donors (Lipinski definition) is 1. The standard InChI is InChI=1S/C21H24N2O4/c1-14-6-4-7-15(2)21(14)27-13-19(24)22-16-9-10-17(18(12-16)26-3)23-11-5-8-20(23)25/h4,6-7,9-10,12H,5,8,11,13H2,1-3H3,(H,22,24). The Bertz CT molecular complexity index is 843. The Labute approximate surface area is 159 Å². The first-order valence-corrected chi connectivity index (χ1v) is 8.97. The molecule has 1 fully saturated rings. The van der Waals surface area contributed by atoms with Crippen LogP contribution < -0.4 is 19.7 Å². The highest BCUT2D eigenvalue weighted by Crippen LogP contribution is 2.33. The topological polar surface area (TPSA) is 67.9 Å². The lowest BCUT2D eigenvalue weighted by atomic mass is 10.1. The van der Waals surface area contributed by atoms with Gasteiger partial charge in [-0.15, -0.1) is 0 Å². The van der Waals surface area contributed by atoms with Crippen molar-refractivity contribution < 1.29 is 19.1 Å². The summed E-state index contributed by atoms with van der Waals surface area (Å²) >= 11 is 0. The van der Waals surface area contributed by atoms with Gasteiger partial charge in [0.2, 0.25) is 5.91 Å². The van der Waals surface area contributed by atoms with E-state index in [0.717, 1.165) is 29.0 Å². The van der Waals surface area contributed by atoms with E-state index in [1.807, 2.05) is 32.0 Å². The van der Waals surface area contributed by atoms with Crippen LogP contribution in [0.5, 0.6) is 11.5 Å². The lowest BCUT2D eigenvalue weighted by molar-refractivity contribution is -0.118. The number of anilines is 2. The number of rotatable bonds is 6. The molecule has 3 rings (SSSR count). The summed E-state index contributed by atoms with van der Waals surface area (Å²) in [6.45, 7) is 4.50. The molecule has 1 aliphatic rings. The van der Waals surface area contributed by atoms with Crippen LogP contribution in [0.15, 0.2) is 36.4 Å². The summed E-state index contributed by atoms with van der Waals surface area (Å²) in [6.07, 6.45) is 1.40. The van der Waals surface area contributed by atoms with Crippen LogP contribution in [0.2, 0.25) is 0 Å². The highest BCUT2D eigenvalue weighted by molar-refractivity contribution is 5.98. The van der Waals surface area contributed by atoms with E-state index in [-0.39, 0.29) is 18.4 Å². The number of nitrogens with one attached hydrogen (secondary N) is 1. The number of para-hydroxylation sites is 1. The predicted molar refractivity (Wildman–Crippen MR) is 105 cm³/mol. The molecule has 0 atom stereocenters. The molecule has 1 N–H and O–H groups in total. The molecule has 0 bridgehead atoms. The van der Waals surface area contributed by atoms with E-state index in [9.17, 15) is 9.59 Å². The molecule has 2 aromatic carbocycles. The zero-order valence-corrected chi connectivity index (χ0v) is 15.9. The van der Waals surface area contributed by atoms with Crippen LogP contribution in [0.4, 0.5) is 11.4 Å². The van der Waals surface area contributed by atoms with E-state index < -0.39 is 0 Å². The number of carbonyl (C=O) groups is 2. The third kappa shape index (κ3) is 4.22. The molecule has 142 valence electrons. The number of amides is 2. The molecule has 1 saturated heterocycles. The summed E-state index contributed by atoms with van der Waals surface area (Å²) in [4.78, 5) is 25.9. The van der Waals surface area contributed by atoms with Gasteiger partial charge in [-0.2, -0.15) is 0 Å². The van der Waals surface area contributed by atoms with Crippen molar-refractivity contribution in [2.24, 2.45) is 0 Å². The predicted octanol–water partition coefficient (Wildman–Crippen LogP) is 3.46. The monoisotopic (exact) mass is 368 g/mol. The molecule has 0 unspecified atom stereocenters. The molecule has 2 aromatic rings. The van der Waals surface area contributed by atoms with Crippen LogP contribution in [-0.2, 0) is 9.59 Å². The number of carbonyl (C=O) groups excluding carboxylic acids is 2. The Balaban J connectivity index is 1.66. The number of nitrogens with zero attached hydrogens (tertiary/aromatic N) is 1. The average molecular weight is 368 g/mol. The summed E-state index contributed by atoms with van der Waals surface area (Å²) < 4.78 is 11.1. The van der Waals surface area contributed by atoms with Crippen molar-refractivity contribution in [3.05, 3.63) is 47.5 Å². The van der Waals surface area contributed by atoms with Crippen molar-refractivity contribution in [1.29, 1.82) is 0 Å². The summed E-state index contributed by atoms with van der Waals surface area (Å²) in [6, 6.07) is 11.1.